The molecule has 1 fully saturated rings. The lowest BCUT2D eigenvalue weighted by molar-refractivity contribution is -0.119. The van der Waals surface area contributed by atoms with E-state index in [4.69, 9.17) is 9.97 Å². The average molecular weight is 445 g/mol. The SMILES string of the molecule is CCn1cc(CN2CCC[C@H]2c2nc(C)c3c(n2)N(Cc2ccc(C)cc2)C(=O)CC3)cn1. The van der Waals surface area contributed by atoms with Gasteiger partial charge in [0, 0.05) is 42.5 Å². The van der Waals surface area contributed by atoms with E-state index < -0.39 is 0 Å². The fourth-order valence-corrected chi connectivity index (χ4v) is 4.99. The van der Waals surface area contributed by atoms with Crippen LogP contribution in [0.25, 0.3) is 0 Å². The summed E-state index contributed by atoms with van der Waals surface area (Å²) in [5.74, 6) is 1.79. The van der Waals surface area contributed by atoms with Gasteiger partial charge in [-0.15, -0.1) is 0 Å². The van der Waals surface area contributed by atoms with Gasteiger partial charge in [0.05, 0.1) is 18.8 Å². The van der Waals surface area contributed by atoms with Gasteiger partial charge in [-0.2, -0.15) is 5.10 Å². The minimum Gasteiger partial charge on any atom is -0.292 e. The molecule has 3 aromatic rings. The van der Waals surface area contributed by atoms with E-state index >= 15 is 0 Å². The van der Waals surface area contributed by atoms with E-state index in [0.717, 1.165) is 67.4 Å². The van der Waals surface area contributed by atoms with Gasteiger partial charge >= 0.3 is 0 Å². The van der Waals surface area contributed by atoms with Gasteiger partial charge in [-0.1, -0.05) is 29.8 Å². The molecule has 1 atom stereocenters. The Hall–Kier alpha value is -3.06. The van der Waals surface area contributed by atoms with Crippen LogP contribution in [-0.2, 0) is 30.8 Å². The van der Waals surface area contributed by atoms with Crippen LogP contribution >= 0.6 is 0 Å². The number of aromatic nitrogens is 4. The van der Waals surface area contributed by atoms with Gasteiger partial charge in [-0.3, -0.25) is 19.3 Å². The summed E-state index contributed by atoms with van der Waals surface area (Å²) in [4.78, 5) is 27.3. The molecule has 7 heteroatoms. The molecular weight excluding hydrogens is 412 g/mol. The predicted octanol–water partition coefficient (Wildman–Crippen LogP) is 4.13. The van der Waals surface area contributed by atoms with E-state index in [2.05, 4.69) is 61.2 Å². The molecule has 1 aromatic carbocycles. The Labute approximate surface area is 195 Å². The van der Waals surface area contributed by atoms with Gasteiger partial charge in [0.2, 0.25) is 5.91 Å². The highest BCUT2D eigenvalue weighted by Crippen LogP contribution is 2.35. The first-order chi connectivity index (χ1) is 16.0. The van der Waals surface area contributed by atoms with Crippen molar-refractivity contribution in [2.75, 3.05) is 11.4 Å². The summed E-state index contributed by atoms with van der Waals surface area (Å²) in [5.41, 5.74) is 5.67. The fourth-order valence-electron chi connectivity index (χ4n) is 4.99. The van der Waals surface area contributed by atoms with Crippen molar-refractivity contribution >= 4 is 11.7 Å². The molecule has 172 valence electrons. The first-order valence-corrected chi connectivity index (χ1v) is 12.0. The molecule has 0 saturated carbocycles. The molecule has 2 aliphatic heterocycles. The molecule has 0 radical (unpaired) electrons. The van der Waals surface area contributed by atoms with Crippen LogP contribution in [0.1, 0.15) is 66.0 Å². The van der Waals surface area contributed by atoms with Crippen molar-refractivity contribution in [3.63, 3.8) is 0 Å². The number of fused-ring (bicyclic) bond motifs is 1. The topological polar surface area (TPSA) is 67.2 Å². The zero-order valence-corrected chi connectivity index (χ0v) is 19.8. The van der Waals surface area contributed by atoms with Crippen molar-refractivity contribution < 1.29 is 4.79 Å². The summed E-state index contributed by atoms with van der Waals surface area (Å²) in [7, 11) is 0. The summed E-state index contributed by atoms with van der Waals surface area (Å²) >= 11 is 0. The molecule has 2 aliphatic rings. The molecule has 0 bridgehead atoms. The van der Waals surface area contributed by atoms with Crippen LogP contribution in [0.15, 0.2) is 36.7 Å². The number of aryl methyl sites for hydroxylation is 3. The van der Waals surface area contributed by atoms with Gasteiger partial charge in [0.25, 0.3) is 0 Å². The minimum absolute atomic E-state index is 0.141. The summed E-state index contributed by atoms with van der Waals surface area (Å²) in [6.45, 7) is 9.53. The van der Waals surface area contributed by atoms with E-state index in [9.17, 15) is 4.79 Å². The van der Waals surface area contributed by atoms with Crippen LogP contribution < -0.4 is 4.90 Å². The lowest BCUT2D eigenvalue weighted by Gasteiger charge is -2.31. The number of amides is 1. The zero-order valence-electron chi connectivity index (χ0n) is 19.8. The molecule has 2 aromatic heterocycles. The Morgan fingerprint density at radius 3 is 2.61 bits per heavy atom. The quantitative estimate of drug-likeness (QED) is 0.572. The minimum atomic E-state index is 0.141. The Morgan fingerprint density at radius 2 is 1.85 bits per heavy atom. The highest BCUT2D eigenvalue weighted by atomic mass is 16.2. The molecule has 0 unspecified atom stereocenters. The van der Waals surface area contributed by atoms with Gasteiger partial charge < -0.3 is 0 Å². The maximum Gasteiger partial charge on any atom is 0.228 e. The van der Waals surface area contributed by atoms with Crippen LogP contribution in [-0.4, -0.2) is 37.1 Å². The number of hydrogen-bond acceptors (Lipinski definition) is 5. The Kier molecular flexibility index (Phi) is 5.98. The first kappa shape index (κ1) is 21.8. The number of anilines is 1. The third-order valence-electron chi connectivity index (χ3n) is 6.87. The van der Waals surface area contributed by atoms with Gasteiger partial charge in [-0.05, 0) is 52.1 Å². The second-order valence-electron chi connectivity index (χ2n) is 9.27. The van der Waals surface area contributed by atoms with Crippen LogP contribution in [0.2, 0.25) is 0 Å². The second-order valence-corrected chi connectivity index (χ2v) is 9.27. The molecule has 1 saturated heterocycles. The molecule has 1 amide bonds. The second kappa shape index (κ2) is 9.06. The van der Waals surface area contributed by atoms with E-state index in [0.29, 0.717) is 13.0 Å². The van der Waals surface area contributed by atoms with Crippen LogP contribution in [0.4, 0.5) is 5.82 Å². The van der Waals surface area contributed by atoms with Crippen molar-refractivity contribution in [1.82, 2.24) is 24.6 Å². The molecule has 33 heavy (non-hydrogen) atoms. The van der Waals surface area contributed by atoms with Crippen molar-refractivity contribution in [2.45, 2.75) is 72.1 Å². The Balaban J connectivity index is 1.44. The lowest BCUT2D eigenvalue weighted by atomic mass is 10.0. The van der Waals surface area contributed by atoms with Crippen LogP contribution in [0.5, 0.6) is 0 Å². The molecule has 0 aliphatic carbocycles. The van der Waals surface area contributed by atoms with Crippen molar-refractivity contribution in [1.29, 1.82) is 0 Å². The molecule has 0 spiro atoms. The van der Waals surface area contributed by atoms with Crippen molar-refractivity contribution in [2.24, 2.45) is 0 Å². The molecule has 4 heterocycles. The molecule has 7 nitrogen and oxygen atoms in total. The fraction of sp³-hybridized carbons (Fsp3) is 0.462. The first-order valence-electron chi connectivity index (χ1n) is 12.0. The zero-order chi connectivity index (χ0) is 22.9. The third-order valence-corrected chi connectivity index (χ3v) is 6.87. The standard InChI is InChI=1S/C26H32N6O/c1-4-31-16-21(14-27-31)15-30-13-5-6-23(30)25-28-19(3)22-11-12-24(33)32(26(22)29-25)17-20-9-7-18(2)8-10-20/h7-10,14,16,23H,4-6,11-13,15,17H2,1-3H3/t23-/m0/s1. The van der Waals surface area contributed by atoms with E-state index in [1.54, 1.807) is 0 Å². The van der Waals surface area contributed by atoms with E-state index in [1.165, 1.54) is 11.1 Å². The lowest BCUT2D eigenvalue weighted by Crippen LogP contribution is -2.37. The van der Waals surface area contributed by atoms with Gasteiger partial charge in [-0.25, -0.2) is 9.97 Å². The average Bonchev–Trinajstić information content (AvgIpc) is 3.46. The smallest absolute Gasteiger partial charge is 0.228 e. The molecule has 5 rings (SSSR count). The van der Waals surface area contributed by atoms with Crippen LogP contribution in [0, 0.1) is 13.8 Å². The van der Waals surface area contributed by atoms with Crippen LogP contribution in [0.3, 0.4) is 0 Å². The van der Waals surface area contributed by atoms with E-state index in [1.807, 2.05) is 15.8 Å². The molecular formula is C26H32N6O. The monoisotopic (exact) mass is 444 g/mol. The van der Waals surface area contributed by atoms with Gasteiger partial charge in [0.15, 0.2) is 0 Å². The number of likely N-dealkylation sites (tertiary alicyclic amines) is 1. The summed E-state index contributed by atoms with van der Waals surface area (Å²) < 4.78 is 1.97. The Morgan fingerprint density at radius 1 is 1.03 bits per heavy atom. The Bertz CT molecular complexity index is 1150. The number of benzene rings is 1. The highest BCUT2D eigenvalue weighted by Gasteiger charge is 2.33. The summed E-state index contributed by atoms with van der Waals surface area (Å²) in [5, 5.41) is 4.42. The van der Waals surface area contributed by atoms with Crippen molar-refractivity contribution in [3.05, 3.63) is 70.4 Å². The number of nitrogens with zero attached hydrogens (tertiary/aromatic N) is 6. The highest BCUT2D eigenvalue weighted by molar-refractivity contribution is 5.95. The maximum absolute atomic E-state index is 13.0. The largest absolute Gasteiger partial charge is 0.292 e. The maximum atomic E-state index is 13.0. The molecule has 0 N–H and O–H groups in total. The van der Waals surface area contributed by atoms with E-state index in [-0.39, 0.29) is 11.9 Å². The number of carbonyl (C=O) groups excluding carboxylic acids is 1. The number of hydrogen-bond donors (Lipinski definition) is 0. The van der Waals surface area contributed by atoms with Crippen molar-refractivity contribution in [3.8, 4) is 0 Å². The third kappa shape index (κ3) is 4.42. The summed E-state index contributed by atoms with van der Waals surface area (Å²) in [6.07, 6.45) is 7.47. The van der Waals surface area contributed by atoms with Gasteiger partial charge in [0.1, 0.15) is 11.6 Å². The normalized spacial score (nSPS) is 18.7. The predicted molar refractivity (Wildman–Crippen MR) is 128 cm³/mol. The summed E-state index contributed by atoms with van der Waals surface area (Å²) in [6, 6.07) is 8.55. The number of rotatable bonds is 6. The number of carbonyl (C=O) groups is 1.